The number of aromatic nitrogens is 3. The molecule has 354 valence electrons. The van der Waals surface area contributed by atoms with E-state index in [1.165, 1.54) is 0 Å². The summed E-state index contributed by atoms with van der Waals surface area (Å²) in [5.74, 6) is -3.72. The Hall–Kier alpha value is -5.57. The SMILES string of the molecule is [2H]c1nc(-c2[c-]c(-c3cccc4c3nc(-c3cc(C([2H])(C)C)cc(C([2H])(C)C)c3O)n4-c3ccc(-c4ccccc4C(C)(C)C)c(C([2H])(C)C)c3)cc(C(C)(C)C)c2)c([2H])c(-c2c([2H])c([2H])c(C(C([2H])([2H])[2H])(C([2H])([2H])[2H])C([2H])([2H])[2H])c([2H])c2[2H])c1[2H].[Pt]. The molecule has 8 rings (SSSR count). The molecule has 6 aromatic carbocycles. The van der Waals surface area contributed by atoms with E-state index in [0.717, 1.165) is 16.7 Å². The average molecular weight is 1100 g/mol. The number of phenols is 1. The van der Waals surface area contributed by atoms with Gasteiger partial charge in [-0.05, 0) is 114 Å². The Balaban J connectivity index is 0.0000108. The summed E-state index contributed by atoms with van der Waals surface area (Å²) in [6.07, 6.45) is -0.786. The molecular weight excluding hydrogens is 1010 g/mol. The molecule has 0 bridgehead atoms. The monoisotopic (exact) mass is 1100 g/mol. The standard InChI is InChI=1S/C63H70N3O.Pt/c1-38(2)43-34-53(40(5)6)59(67)54(35-43)60-65-58-49(20-18-22-57(58)66(60)48-27-28-50(52(37-48)39(3)4)51-19-16-17-21-55(51)63(13,14)15)44-31-45(33-47(32-44)62(10,11)12)56-36-42(29-30-64-56)41-23-25-46(26-24-41)61(7,8)9;/h16-30,32-40,67H,1-15H3;/q-1;/i7D3,8D3,9D3,23D,24D,25D,26D,29D,30D,36D,38D,39D,40D;. The summed E-state index contributed by atoms with van der Waals surface area (Å²) in [5.41, 5.74) is -0.472. The number of phenolic OH excluding ortho intramolecular Hbond substituents is 1. The van der Waals surface area contributed by atoms with Crippen LogP contribution in [-0.2, 0) is 37.3 Å². The number of nitrogens with zero attached hydrogens (tertiary/aromatic N) is 3. The van der Waals surface area contributed by atoms with Gasteiger partial charge in [-0.3, -0.25) is 9.55 Å². The van der Waals surface area contributed by atoms with Gasteiger partial charge in [-0.15, -0.1) is 29.3 Å². The zero-order valence-electron chi connectivity index (χ0n) is 59.7. The first-order valence-electron chi connectivity index (χ1n) is 31.9. The van der Waals surface area contributed by atoms with Crippen LogP contribution in [0.4, 0.5) is 0 Å². The van der Waals surface area contributed by atoms with Crippen molar-refractivity contribution in [2.75, 3.05) is 0 Å². The third-order valence-corrected chi connectivity index (χ3v) is 12.1. The van der Waals surface area contributed by atoms with E-state index in [1.54, 1.807) is 58.0 Å². The smallest absolute Gasteiger partial charge is 0.148 e. The summed E-state index contributed by atoms with van der Waals surface area (Å²) in [4.78, 5) is 9.76. The summed E-state index contributed by atoms with van der Waals surface area (Å²) >= 11 is 0. The molecule has 2 heterocycles. The number of pyridine rings is 1. The van der Waals surface area contributed by atoms with E-state index in [2.05, 4.69) is 37.9 Å². The van der Waals surface area contributed by atoms with Gasteiger partial charge in [0, 0.05) is 55.1 Å². The second-order valence-corrected chi connectivity index (χ2v) is 20.0. The number of fused-ring (bicyclic) bond motifs is 1. The van der Waals surface area contributed by atoms with Crippen LogP contribution in [0, 0.1) is 6.07 Å². The van der Waals surface area contributed by atoms with Crippen molar-refractivity contribution in [1.29, 1.82) is 0 Å². The number of imidazole rings is 1. The maximum absolute atomic E-state index is 12.5. The van der Waals surface area contributed by atoms with E-state index in [4.69, 9.17) is 22.8 Å². The molecule has 0 amide bonds. The van der Waals surface area contributed by atoms with E-state index in [-0.39, 0.29) is 60.4 Å². The fourth-order valence-electron chi connectivity index (χ4n) is 8.40. The van der Waals surface area contributed by atoms with E-state index >= 15 is 0 Å². The van der Waals surface area contributed by atoms with Crippen LogP contribution >= 0.6 is 0 Å². The summed E-state index contributed by atoms with van der Waals surface area (Å²) in [6, 6.07) is 23.2. The molecule has 0 saturated heterocycles. The van der Waals surface area contributed by atoms with Gasteiger partial charge in [-0.1, -0.05) is 194 Å². The second kappa shape index (κ2) is 19.1. The van der Waals surface area contributed by atoms with Crippen LogP contribution in [0.1, 0.15) is 181 Å². The third-order valence-electron chi connectivity index (χ3n) is 12.1. The molecule has 1 N–H and O–H groups in total. The molecule has 0 saturated carbocycles. The summed E-state index contributed by atoms with van der Waals surface area (Å²) in [7, 11) is 0. The van der Waals surface area contributed by atoms with Gasteiger partial charge < -0.3 is 5.11 Å². The molecule has 0 unspecified atom stereocenters. The number of hydrogen-bond donors (Lipinski definition) is 1. The predicted octanol–water partition coefficient (Wildman–Crippen LogP) is 17.5. The predicted molar refractivity (Wildman–Crippen MR) is 285 cm³/mol. The van der Waals surface area contributed by atoms with Crippen molar-refractivity contribution in [2.24, 2.45) is 0 Å². The van der Waals surface area contributed by atoms with Crippen LogP contribution < -0.4 is 0 Å². The fraction of sp³-hybridized carbons (Fsp3) is 0.333. The van der Waals surface area contributed by atoms with Gasteiger partial charge in [0.05, 0.1) is 26.2 Å². The normalized spacial score (nSPS) is 17.4. The first-order valence-corrected chi connectivity index (χ1v) is 22.4. The molecule has 0 atom stereocenters. The molecule has 0 spiro atoms. The van der Waals surface area contributed by atoms with Gasteiger partial charge in [0.15, 0.2) is 0 Å². The second-order valence-electron chi connectivity index (χ2n) is 20.0. The van der Waals surface area contributed by atoms with Crippen molar-refractivity contribution in [1.82, 2.24) is 14.5 Å². The molecule has 68 heavy (non-hydrogen) atoms. The molecule has 0 aliphatic carbocycles. The van der Waals surface area contributed by atoms with Crippen LogP contribution in [0.15, 0.2) is 127 Å². The zero-order valence-corrected chi connectivity index (χ0v) is 43.0. The Labute approximate surface area is 448 Å². The first-order chi connectivity index (χ1) is 39.1. The van der Waals surface area contributed by atoms with Crippen LogP contribution in [0.25, 0.3) is 72.7 Å². The quantitative estimate of drug-likeness (QED) is 0.147. The fourth-order valence-corrected chi connectivity index (χ4v) is 8.40. The van der Waals surface area contributed by atoms with Crippen molar-refractivity contribution in [3.63, 3.8) is 0 Å². The van der Waals surface area contributed by atoms with Gasteiger partial charge in [0.1, 0.15) is 11.6 Å². The molecule has 4 nitrogen and oxygen atoms in total. The number of aromatic hydroxyl groups is 1. The molecule has 2 aromatic heterocycles. The van der Waals surface area contributed by atoms with E-state index in [1.807, 2.05) is 87.7 Å². The minimum atomic E-state index is -3.95. The Morgan fingerprint density at radius 1 is 0.632 bits per heavy atom. The van der Waals surface area contributed by atoms with E-state index in [0.29, 0.717) is 44.5 Å². The minimum Gasteiger partial charge on any atom is -0.507 e. The Bertz CT molecular complexity index is 3970. The first kappa shape index (κ1) is 30.8. The van der Waals surface area contributed by atoms with Gasteiger partial charge in [0.2, 0.25) is 0 Å². The largest absolute Gasteiger partial charge is 0.507 e. The molecule has 8 aromatic rings. The Morgan fingerprint density at radius 3 is 1.96 bits per heavy atom. The molecule has 5 heteroatoms. The Kier molecular flexibility index (Phi) is 8.65. The number of para-hydroxylation sites is 1. The van der Waals surface area contributed by atoms with Crippen molar-refractivity contribution < 1.29 is 52.2 Å². The molecule has 0 aliphatic rings. The topological polar surface area (TPSA) is 50.9 Å². The van der Waals surface area contributed by atoms with Crippen molar-refractivity contribution in [3.8, 4) is 67.5 Å². The summed E-state index contributed by atoms with van der Waals surface area (Å²) < 4.78 is 169. The van der Waals surface area contributed by atoms with Crippen molar-refractivity contribution >= 4 is 11.0 Å². The number of rotatable bonds is 9. The van der Waals surface area contributed by atoms with Gasteiger partial charge in [-0.2, -0.15) is 0 Å². The van der Waals surface area contributed by atoms with Crippen LogP contribution in [0.5, 0.6) is 5.75 Å². The number of benzene rings is 6. The maximum Gasteiger partial charge on any atom is 0.148 e. The zero-order chi connectivity index (χ0) is 64.7. The Morgan fingerprint density at radius 2 is 1.31 bits per heavy atom. The molecular formula is C63H70N3OPt-. The van der Waals surface area contributed by atoms with Gasteiger partial charge in [-0.25, -0.2) is 4.98 Å². The maximum atomic E-state index is 12.5. The van der Waals surface area contributed by atoms with Crippen LogP contribution in [0.2, 0.25) is 0 Å². The summed E-state index contributed by atoms with van der Waals surface area (Å²) in [6.45, 7) is 10.7. The molecule has 0 radical (unpaired) electrons. The molecule has 0 fully saturated rings. The van der Waals surface area contributed by atoms with Crippen molar-refractivity contribution in [2.45, 2.75) is 138 Å². The molecule has 0 aliphatic heterocycles. The third kappa shape index (κ3) is 9.95. The van der Waals surface area contributed by atoms with Crippen LogP contribution in [0.3, 0.4) is 0 Å². The summed E-state index contributed by atoms with van der Waals surface area (Å²) in [5, 5.41) is 12.5. The van der Waals surface area contributed by atoms with Crippen LogP contribution in [-0.4, -0.2) is 19.6 Å². The minimum absolute atomic E-state index is 0. The average Bonchev–Trinajstić information content (AvgIpc) is 1.02. The van der Waals surface area contributed by atoms with E-state index in [9.17, 15) is 13.3 Å². The van der Waals surface area contributed by atoms with Gasteiger partial charge >= 0.3 is 0 Å². The van der Waals surface area contributed by atoms with Gasteiger partial charge in [0.25, 0.3) is 0 Å². The van der Waals surface area contributed by atoms with Crippen molar-refractivity contribution in [3.05, 3.63) is 167 Å². The number of hydrogen-bond acceptors (Lipinski definition) is 3. The van der Waals surface area contributed by atoms with E-state index < -0.39 is 108 Å².